The van der Waals surface area contributed by atoms with Crippen LogP contribution in [0.15, 0.2) is 204 Å². The summed E-state index contributed by atoms with van der Waals surface area (Å²) in [5.74, 6) is 1.02. The highest BCUT2D eigenvalue weighted by atomic mass is 15.0. The zero-order valence-electron chi connectivity index (χ0n) is 34.5. The van der Waals surface area contributed by atoms with Gasteiger partial charge in [-0.1, -0.05) is 177 Å². The average molecular weight is 765 g/mol. The van der Waals surface area contributed by atoms with Crippen LogP contribution in [0.3, 0.4) is 0 Å². The van der Waals surface area contributed by atoms with E-state index < -0.39 is 0 Å². The molecule has 1 aliphatic heterocycles. The molecule has 0 radical (unpaired) electrons. The van der Waals surface area contributed by atoms with Crippen molar-refractivity contribution in [1.29, 1.82) is 0 Å². The minimum atomic E-state index is -0.379. The summed E-state index contributed by atoms with van der Waals surface area (Å²) in [7, 11) is 0. The second-order valence-corrected chi connectivity index (χ2v) is 16.2. The van der Waals surface area contributed by atoms with Crippen LogP contribution in [0.5, 0.6) is 0 Å². The Kier molecular flexibility index (Phi) is 10.7. The molecular formula is C57H52N2. The molecular weight excluding hydrogens is 713 g/mol. The Labute approximate surface area is 350 Å². The first-order valence-electron chi connectivity index (χ1n) is 21.4. The van der Waals surface area contributed by atoms with Gasteiger partial charge in [-0.05, 0) is 137 Å². The number of nitrogens with zero attached hydrogens (tertiary/aromatic N) is 2. The molecule has 0 aromatic heterocycles. The zero-order valence-corrected chi connectivity index (χ0v) is 34.5. The van der Waals surface area contributed by atoms with E-state index in [2.05, 4.69) is 197 Å². The topological polar surface area (TPSA) is 24.7 Å². The van der Waals surface area contributed by atoms with E-state index in [1.807, 2.05) is 0 Å². The largest absolute Gasteiger partial charge is 0.258 e. The predicted octanol–water partition coefficient (Wildman–Crippen LogP) is 14.5. The number of amidine groups is 1. The first-order chi connectivity index (χ1) is 29.0. The fraction of sp³-hybridized carbons (Fsp3) is 0.193. The fourth-order valence-electron chi connectivity index (χ4n) is 9.70. The quantitative estimate of drug-likeness (QED) is 0.127. The maximum Gasteiger partial charge on any atom is 0.151 e. The number of hydrogen-bond donors (Lipinski definition) is 0. The van der Waals surface area contributed by atoms with Gasteiger partial charge in [0.2, 0.25) is 0 Å². The van der Waals surface area contributed by atoms with Crippen molar-refractivity contribution in [3.63, 3.8) is 0 Å². The number of aryl methyl sites for hydroxylation is 1. The van der Waals surface area contributed by atoms with Gasteiger partial charge in [0.15, 0.2) is 5.84 Å². The third kappa shape index (κ3) is 7.01. The number of hydrogen-bond acceptors (Lipinski definition) is 2. The van der Waals surface area contributed by atoms with Gasteiger partial charge in [0.1, 0.15) is 0 Å². The standard InChI is InChI=1S/C57H52N2/c1-5-19-44(45-24-18-25-46(37-45)55-49(6-2)54(41-20-10-7-11-21-41)58-56(59-55)42-22-12-8-13-23-42)36-40(4)43-32-35-53-51(38-43)50-28-16-17-29-52(50)57(53,47-26-14-9-15-27-47)48-33-30-39(3)31-34-48/h5,7-8,10-12,14,16-22,24-38,49,55H,4,6,9,13,15,23H2,1-3H3/b19-5-,44-36+/t49-,55?,57?/m1/s1. The minimum absolute atomic E-state index is 0.0516. The molecule has 3 atom stereocenters. The first kappa shape index (κ1) is 38.2. The van der Waals surface area contributed by atoms with Crippen molar-refractivity contribution in [2.24, 2.45) is 15.9 Å². The van der Waals surface area contributed by atoms with Crippen molar-refractivity contribution >= 4 is 22.7 Å². The van der Waals surface area contributed by atoms with Crippen molar-refractivity contribution in [2.75, 3.05) is 0 Å². The summed E-state index contributed by atoms with van der Waals surface area (Å²) in [6, 6.07) is 44.9. The third-order valence-corrected chi connectivity index (χ3v) is 12.6. The van der Waals surface area contributed by atoms with Gasteiger partial charge in [-0.2, -0.15) is 0 Å². The van der Waals surface area contributed by atoms with E-state index >= 15 is 0 Å². The van der Waals surface area contributed by atoms with Crippen LogP contribution in [0.25, 0.3) is 22.3 Å². The Morgan fingerprint density at radius 2 is 1.61 bits per heavy atom. The normalized spacial score (nSPS) is 21.0. The van der Waals surface area contributed by atoms with Crippen LogP contribution in [-0.2, 0) is 5.41 Å². The number of rotatable bonds is 10. The van der Waals surface area contributed by atoms with Crippen LogP contribution >= 0.6 is 0 Å². The maximum atomic E-state index is 5.45. The van der Waals surface area contributed by atoms with Gasteiger partial charge in [-0.3, -0.25) is 4.99 Å². The summed E-state index contributed by atoms with van der Waals surface area (Å²) in [6.45, 7) is 11.2. The molecule has 3 aliphatic carbocycles. The van der Waals surface area contributed by atoms with E-state index in [1.54, 1.807) is 0 Å². The van der Waals surface area contributed by atoms with E-state index in [-0.39, 0.29) is 17.4 Å². The molecule has 2 nitrogen and oxygen atoms in total. The summed E-state index contributed by atoms with van der Waals surface area (Å²) in [5, 5.41) is 0. The fourth-order valence-corrected chi connectivity index (χ4v) is 9.70. The molecule has 2 heteroatoms. The lowest BCUT2D eigenvalue weighted by atomic mass is 9.66. The van der Waals surface area contributed by atoms with E-state index in [0.29, 0.717) is 0 Å². The smallest absolute Gasteiger partial charge is 0.151 e. The van der Waals surface area contributed by atoms with Crippen molar-refractivity contribution in [1.82, 2.24) is 0 Å². The molecule has 2 unspecified atom stereocenters. The molecule has 5 aromatic rings. The minimum Gasteiger partial charge on any atom is -0.258 e. The first-order valence-corrected chi connectivity index (χ1v) is 21.4. The summed E-state index contributed by atoms with van der Waals surface area (Å²) in [6.07, 6.45) is 25.4. The van der Waals surface area contributed by atoms with Crippen LogP contribution in [0.1, 0.15) is 96.5 Å². The molecule has 9 rings (SSSR count). The summed E-state index contributed by atoms with van der Waals surface area (Å²) in [5.41, 5.74) is 17.9. The predicted molar refractivity (Wildman–Crippen MR) is 251 cm³/mol. The molecule has 0 bridgehead atoms. The molecule has 0 saturated heterocycles. The number of fused-ring (bicyclic) bond motifs is 3. The Bertz CT molecular complexity index is 2670. The average Bonchev–Trinajstić information content (AvgIpc) is 3.60. The van der Waals surface area contributed by atoms with Crippen molar-refractivity contribution in [2.45, 2.75) is 64.3 Å². The molecule has 4 aliphatic rings. The monoisotopic (exact) mass is 764 g/mol. The van der Waals surface area contributed by atoms with Gasteiger partial charge in [-0.25, -0.2) is 4.99 Å². The summed E-state index contributed by atoms with van der Waals surface area (Å²) >= 11 is 0. The Morgan fingerprint density at radius 1 is 0.797 bits per heavy atom. The molecule has 290 valence electrons. The zero-order chi connectivity index (χ0) is 40.3. The van der Waals surface area contributed by atoms with Gasteiger partial charge >= 0.3 is 0 Å². The molecule has 0 amide bonds. The van der Waals surface area contributed by atoms with Crippen LogP contribution in [0.2, 0.25) is 0 Å². The highest BCUT2D eigenvalue weighted by Gasteiger charge is 2.46. The van der Waals surface area contributed by atoms with E-state index in [4.69, 9.17) is 16.6 Å². The van der Waals surface area contributed by atoms with Gasteiger partial charge in [0.05, 0.1) is 17.2 Å². The van der Waals surface area contributed by atoms with E-state index in [1.165, 1.54) is 55.7 Å². The highest BCUT2D eigenvalue weighted by molar-refractivity contribution is 6.15. The molecule has 0 fully saturated rings. The van der Waals surface area contributed by atoms with Gasteiger partial charge in [0.25, 0.3) is 0 Å². The van der Waals surface area contributed by atoms with Crippen molar-refractivity contribution in [3.8, 4) is 11.1 Å². The summed E-state index contributed by atoms with van der Waals surface area (Å²) < 4.78 is 0. The SMILES string of the molecule is C=C(/C=C(\C=C/C)c1cccc(C2N=C(C3=CC=CCC3)N=C(c3ccccc3)[C@H]2CC)c1)c1ccc2c(c1)-c1ccccc1C2(C1=CCCC=C1)c1ccc(C)cc1. The van der Waals surface area contributed by atoms with Crippen LogP contribution < -0.4 is 0 Å². The van der Waals surface area contributed by atoms with Gasteiger partial charge in [0, 0.05) is 5.92 Å². The molecule has 5 aromatic carbocycles. The Balaban J connectivity index is 1.11. The molecule has 1 heterocycles. The lowest BCUT2D eigenvalue weighted by Gasteiger charge is -2.35. The van der Waals surface area contributed by atoms with Crippen LogP contribution in [0, 0.1) is 12.8 Å². The number of benzene rings is 5. The lowest BCUT2D eigenvalue weighted by Crippen LogP contribution is -2.29. The Hall–Kier alpha value is -6.38. The number of allylic oxidation sites excluding steroid dienone is 12. The molecule has 0 saturated carbocycles. The van der Waals surface area contributed by atoms with Crippen LogP contribution in [0.4, 0.5) is 0 Å². The van der Waals surface area contributed by atoms with Crippen LogP contribution in [-0.4, -0.2) is 11.5 Å². The molecule has 0 spiro atoms. The highest BCUT2D eigenvalue weighted by Crippen LogP contribution is 2.57. The third-order valence-electron chi connectivity index (χ3n) is 12.6. The second kappa shape index (κ2) is 16.5. The second-order valence-electron chi connectivity index (χ2n) is 16.2. The molecule has 0 N–H and O–H groups in total. The lowest BCUT2D eigenvalue weighted by molar-refractivity contribution is 0.532. The van der Waals surface area contributed by atoms with Crippen molar-refractivity contribution in [3.05, 3.63) is 238 Å². The van der Waals surface area contributed by atoms with E-state index in [0.717, 1.165) is 65.9 Å². The number of aliphatic imine (C=N–C) groups is 2. The van der Waals surface area contributed by atoms with Gasteiger partial charge < -0.3 is 0 Å². The van der Waals surface area contributed by atoms with Gasteiger partial charge in [-0.15, -0.1) is 0 Å². The molecule has 59 heavy (non-hydrogen) atoms. The maximum absolute atomic E-state index is 5.45. The Morgan fingerprint density at radius 3 is 2.37 bits per heavy atom. The van der Waals surface area contributed by atoms with Crippen molar-refractivity contribution < 1.29 is 0 Å². The summed E-state index contributed by atoms with van der Waals surface area (Å²) in [4.78, 5) is 10.7. The van der Waals surface area contributed by atoms with E-state index in [9.17, 15) is 0 Å².